The highest BCUT2D eigenvalue weighted by molar-refractivity contribution is 5.31. The molecule has 0 spiro atoms. The number of nitroso groups, excluding NO2 is 1. The molecule has 0 amide bonds. The van der Waals surface area contributed by atoms with Crippen molar-refractivity contribution in [3.63, 3.8) is 0 Å². The lowest BCUT2D eigenvalue weighted by Crippen LogP contribution is -2.04. The van der Waals surface area contributed by atoms with E-state index in [9.17, 15) is 18.1 Å². The number of nitrogens with zero attached hydrogens (tertiary/aromatic N) is 1. The van der Waals surface area contributed by atoms with E-state index in [0.717, 1.165) is 12.1 Å². The van der Waals surface area contributed by atoms with Crippen LogP contribution in [0.5, 0.6) is 0 Å². The highest BCUT2D eigenvalue weighted by Crippen LogP contribution is 2.29. The molecule has 0 aliphatic carbocycles. The van der Waals surface area contributed by atoms with Crippen molar-refractivity contribution in [2.24, 2.45) is 5.18 Å². The lowest BCUT2D eigenvalue weighted by Gasteiger charge is -2.00. The van der Waals surface area contributed by atoms with E-state index < -0.39 is 11.9 Å². The number of rotatable bonds is 1. The van der Waals surface area contributed by atoms with Gasteiger partial charge in [0.2, 0.25) is 0 Å². The lowest BCUT2D eigenvalue weighted by atomic mass is 10.4. The van der Waals surface area contributed by atoms with Crippen LogP contribution in [0.1, 0.15) is 5.69 Å². The average Bonchev–Trinajstić information content (AvgIpc) is 2.32. The third-order valence-corrected chi connectivity index (χ3v) is 1.07. The second kappa shape index (κ2) is 2.37. The van der Waals surface area contributed by atoms with Crippen LogP contribution in [0.3, 0.4) is 0 Å². The Bertz CT molecular complexity index is 265. The SMILES string of the molecule is O=Nc1ccc(C(F)(F)F)[nH]1. The summed E-state index contributed by atoms with van der Waals surface area (Å²) in [6, 6.07) is 1.73. The molecule has 6 heteroatoms. The molecule has 1 aromatic rings. The molecule has 11 heavy (non-hydrogen) atoms. The van der Waals surface area contributed by atoms with E-state index in [-0.39, 0.29) is 5.82 Å². The van der Waals surface area contributed by atoms with Gasteiger partial charge in [-0.05, 0) is 17.3 Å². The molecule has 0 aliphatic rings. The fraction of sp³-hybridized carbons (Fsp3) is 0.200. The topological polar surface area (TPSA) is 45.2 Å². The Hall–Kier alpha value is -1.33. The number of nitrogens with one attached hydrogen (secondary N) is 1. The molecule has 1 rings (SSSR count). The normalized spacial score (nSPS) is 11.5. The standard InChI is InChI=1S/C5H3F3N2O/c6-5(7,8)3-1-2-4(9-3)10-11/h1-2,9H. The number of hydrogen-bond donors (Lipinski definition) is 1. The molecule has 0 saturated carbocycles. The summed E-state index contributed by atoms with van der Waals surface area (Å²) in [6.45, 7) is 0. The molecule has 1 aromatic heterocycles. The summed E-state index contributed by atoms with van der Waals surface area (Å²) in [4.78, 5) is 11.5. The van der Waals surface area contributed by atoms with E-state index in [1.54, 1.807) is 4.98 Å². The lowest BCUT2D eigenvalue weighted by molar-refractivity contribution is -0.140. The molecule has 0 fully saturated rings. The van der Waals surface area contributed by atoms with Gasteiger partial charge in [-0.25, -0.2) is 0 Å². The van der Waals surface area contributed by atoms with Crippen molar-refractivity contribution >= 4 is 5.82 Å². The Kier molecular flexibility index (Phi) is 1.67. The number of hydrogen-bond acceptors (Lipinski definition) is 2. The van der Waals surface area contributed by atoms with Crippen LogP contribution >= 0.6 is 0 Å². The van der Waals surface area contributed by atoms with Gasteiger partial charge in [0.05, 0.1) is 0 Å². The summed E-state index contributed by atoms with van der Waals surface area (Å²) in [5, 5.41) is 2.30. The Balaban J connectivity index is 2.98. The van der Waals surface area contributed by atoms with Crippen LogP contribution in [0.4, 0.5) is 19.0 Å². The molecule has 0 atom stereocenters. The Morgan fingerprint density at radius 2 is 2.00 bits per heavy atom. The smallest absolute Gasteiger partial charge is 0.333 e. The monoisotopic (exact) mass is 164 g/mol. The molecular formula is C5H3F3N2O. The van der Waals surface area contributed by atoms with Crippen molar-refractivity contribution in [2.45, 2.75) is 6.18 Å². The van der Waals surface area contributed by atoms with Gasteiger partial charge in [0.25, 0.3) is 0 Å². The third-order valence-electron chi connectivity index (χ3n) is 1.07. The number of H-pyrrole nitrogens is 1. The summed E-state index contributed by atoms with van der Waals surface area (Å²) < 4.78 is 35.3. The zero-order valence-electron chi connectivity index (χ0n) is 5.14. The average molecular weight is 164 g/mol. The van der Waals surface area contributed by atoms with Gasteiger partial charge in [0.1, 0.15) is 5.69 Å². The van der Waals surface area contributed by atoms with Gasteiger partial charge >= 0.3 is 6.18 Å². The molecule has 0 radical (unpaired) electrons. The van der Waals surface area contributed by atoms with Crippen LogP contribution in [-0.2, 0) is 6.18 Å². The van der Waals surface area contributed by atoms with Crippen LogP contribution in [-0.4, -0.2) is 4.98 Å². The van der Waals surface area contributed by atoms with Gasteiger partial charge in [-0.3, -0.25) is 0 Å². The molecular weight excluding hydrogens is 161 g/mol. The summed E-state index contributed by atoms with van der Waals surface area (Å²) >= 11 is 0. The predicted octanol–water partition coefficient (Wildman–Crippen LogP) is 2.43. The Morgan fingerprint density at radius 3 is 2.27 bits per heavy atom. The first-order valence-corrected chi connectivity index (χ1v) is 2.63. The number of aromatic nitrogens is 1. The van der Waals surface area contributed by atoms with Crippen molar-refractivity contribution in [3.8, 4) is 0 Å². The summed E-state index contributed by atoms with van der Waals surface area (Å²) in [6.07, 6.45) is -4.44. The Labute approximate surface area is 59.2 Å². The molecule has 0 aliphatic heterocycles. The predicted molar refractivity (Wildman–Crippen MR) is 31.2 cm³/mol. The fourth-order valence-electron chi connectivity index (χ4n) is 0.602. The van der Waals surface area contributed by atoms with E-state index in [1.807, 2.05) is 0 Å². The quantitative estimate of drug-likeness (QED) is 0.636. The van der Waals surface area contributed by atoms with Gasteiger partial charge in [-0.15, -0.1) is 4.91 Å². The summed E-state index contributed by atoms with van der Waals surface area (Å²) in [5.74, 6) is -0.322. The molecule has 1 N–H and O–H groups in total. The highest BCUT2D eigenvalue weighted by Gasteiger charge is 2.32. The first kappa shape index (κ1) is 7.77. The molecule has 60 valence electrons. The van der Waals surface area contributed by atoms with Gasteiger partial charge in [0, 0.05) is 0 Å². The maximum atomic E-state index is 11.8. The minimum atomic E-state index is -4.44. The fourth-order valence-corrected chi connectivity index (χ4v) is 0.602. The van der Waals surface area contributed by atoms with E-state index in [0.29, 0.717) is 0 Å². The van der Waals surface area contributed by atoms with Crippen molar-refractivity contribution in [3.05, 3.63) is 22.7 Å². The van der Waals surface area contributed by atoms with Crippen LogP contribution in [0.25, 0.3) is 0 Å². The maximum Gasteiger partial charge on any atom is 0.431 e. The van der Waals surface area contributed by atoms with E-state index in [2.05, 4.69) is 5.18 Å². The Morgan fingerprint density at radius 1 is 1.36 bits per heavy atom. The van der Waals surface area contributed by atoms with Gasteiger partial charge < -0.3 is 4.98 Å². The molecule has 0 bridgehead atoms. The van der Waals surface area contributed by atoms with Crippen LogP contribution in [0.2, 0.25) is 0 Å². The second-order valence-electron chi connectivity index (χ2n) is 1.85. The van der Waals surface area contributed by atoms with E-state index in [4.69, 9.17) is 0 Å². The molecule has 0 aromatic carbocycles. The largest absolute Gasteiger partial charge is 0.431 e. The summed E-state index contributed by atoms with van der Waals surface area (Å²) in [5.41, 5.74) is -0.966. The third kappa shape index (κ3) is 1.57. The van der Waals surface area contributed by atoms with Crippen molar-refractivity contribution in [2.75, 3.05) is 0 Å². The summed E-state index contributed by atoms with van der Waals surface area (Å²) in [7, 11) is 0. The van der Waals surface area contributed by atoms with Crippen molar-refractivity contribution in [1.29, 1.82) is 0 Å². The van der Waals surface area contributed by atoms with Gasteiger partial charge in [-0.2, -0.15) is 13.2 Å². The number of aromatic amines is 1. The van der Waals surface area contributed by atoms with Crippen LogP contribution in [0, 0.1) is 4.91 Å². The van der Waals surface area contributed by atoms with Gasteiger partial charge in [0.15, 0.2) is 5.82 Å². The van der Waals surface area contributed by atoms with Crippen LogP contribution < -0.4 is 0 Å². The minimum absolute atomic E-state index is 0.322. The zero-order valence-corrected chi connectivity index (χ0v) is 5.14. The first-order valence-electron chi connectivity index (χ1n) is 2.63. The number of halogens is 3. The van der Waals surface area contributed by atoms with Gasteiger partial charge in [-0.1, -0.05) is 0 Å². The van der Waals surface area contributed by atoms with Crippen molar-refractivity contribution < 1.29 is 13.2 Å². The van der Waals surface area contributed by atoms with Crippen molar-refractivity contribution in [1.82, 2.24) is 4.98 Å². The van der Waals surface area contributed by atoms with Crippen LogP contribution in [0.15, 0.2) is 17.3 Å². The minimum Gasteiger partial charge on any atom is -0.333 e. The zero-order chi connectivity index (χ0) is 8.48. The highest BCUT2D eigenvalue weighted by atomic mass is 19.4. The molecule has 1 heterocycles. The maximum absolute atomic E-state index is 11.8. The molecule has 0 saturated heterocycles. The molecule has 3 nitrogen and oxygen atoms in total. The first-order chi connectivity index (χ1) is 5.04. The second-order valence-corrected chi connectivity index (χ2v) is 1.85. The molecule has 0 unspecified atom stereocenters. The number of alkyl halides is 3. The van der Waals surface area contributed by atoms with E-state index in [1.165, 1.54) is 0 Å². The van der Waals surface area contributed by atoms with E-state index >= 15 is 0 Å².